The molecule has 0 saturated carbocycles. The summed E-state index contributed by atoms with van der Waals surface area (Å²) in [5.41, 5.74) is 2.97. The van der Waals surface area contributed by atoms with Gasteiger partial charge >= 0.3 is 5.97 Å². The summed E-state index contributed by atoms with van der Waals surface area (Å²) in [6.45, 7) is 1.83. The smallest absolute Gasteiger partial charge is 0.349 e. The van der Waals surface area contributed by atoms with Crippen LogP contribution in [0.3, 0.4) is 0 Å². The van der Waals surface area contributed by atoms with Gasteiger partial charge in [-0.25, -0.2) is 4.79 Å². The van der Waals surface area contributed by atoms with Crippen LogP contribution in [0.25, 0.3) is 11.6 Å². The van der Waals surface area contributed by atoms with Crippen LogP contribution in [0.15, 0.2) is 60.7 Å². The van der Waals surface area contributed by atoms with Crippen molar-refractivity contribution in [3.63, 3.8) is 0 Å². The molecule has 3 aromatic rings. The van der Waals surface area contributed by atoms with Gasteiger partial charge in [0.05, 0.1) is 33.0 Å². The molecule has 0 bridgehead atoms. The summed E-state index contributed by atoms with van der Waals surface area (Å²) in [6.07, 6.45) is 2.63. The van der Waals surface area contributed by atoms with Gasteiger partial charge in [0.25, 0.3) is 0 Å². The molecule has 0 atom stereocenters. The third-order valence-corrected chi connectivity index (χ3v) is 5.23. The molecule has 0 aliphatic heterocycles. The van der Waals surface area contributed by atoms with E-state index in [1.807, 2.05) is 24.3 Å². The highest BCUT2D eigenvalue weighted by atomic mass is 16.6. The van der Waals surface area contributed by atoms with Crippen LogP contribution in [0.1, 0.15) is 23.6 Å². The van der Waals surface area contributed by atoms with Gasteiger partial charge in [0.15, 0.2) is 29.6 Å². The topological polar surface area (TPSA) is 87.0 Å². The summed E-state index contributed by atoms with van der Waals surface area (Å²) in [5, 5.41) is 9.71. The number of carbonyl (C=O) groups excluding carboxylic acids is 1. The van der Waals surface area contributed by atoms with Crippen molar-refractivity contribution in [2.24, 2.45) is 0 Å². The highest BCUT2D eigenvalue weighted by Crippen LogP contribution is 2.33. The molecule has 0 unspecified atom stereocenters. The molecule has 0 aliphatic rings. The average Bonchev–Trinajstić information content (AvgIpc) is 2.91. The summed E-state index contributed by atoms with van der Waals surface area (Å²) in [7, 11) is 4.57. The van der Waals surface area contributed by atoms with Crippen LogP contribution in [0.4, 0.5) is 0 Å². The van der Waals surface area contributed by atoms with Gasteiger partial charge in [-0.15, -0.1) is 0 Å². The third-order valence-electron chi connectivity index (χ3n) is 5.23. The van der Waals surface area contributed by atoms with Gasteiger partial charge in [-0.1, -0.05) is 25.1 Å². The van der Waals surface area contributed by atoms with Crippen molar-refractivity contribution in [1.82, 2.24) is 0 Å². The second-order valence-electron chi connectivity index (χ2n) is 7.41. The molecule has 7 nitrogen and oxygen atoms in total. The molecule has 180 valence electrons. The number of nitriles is 1. The Morgan fingerprint density at radius 1 is 0.857 bits per heavy atom. The predicted molar refractivity (Wildman–Crippen MR) is 133 cm³/mol. The number of allylic oxidation sites excluding steroid dienone is 1. The van der Waals surface area contributed by atoms with Gasteiger partial charge in [0.1, 0.15) is 5.75 Å². The Hall–Kier alpha value is -4.44. The van der Waals surface area contributed by atoms with Gasteiger partial charge in [0, 0.05) is 0 Å². The Morgan fingerprint density at radius 2 is 1.51 bits per heavy atom. The molecule has 0 aliphatic carbocycles. The molecular formula is C28H27NO6. The van der Waals surface area contributed by atoms with Crippen molar-refractivity contribution >= 4 is 17.6 Å². The molecule has 3 rings (SSSR count). The van der Waals surface area contributed by atoms with Crippen LogP contribution in [-0.2, 0) is 11.2 Å². The number of nitrogens with zero attached hydrogens (tertiary/aromatic N) is 1. The third kappa shape index (κ3) is 6.55. The Kier molecular flexibility index (Phi) is 8.74. The first-order valence-electron chi connectivity index (χ1n) is 11.0. The van der Waals surface area contributed by atoms with E-state index in [1.54, 1.807) is 49.6 Å². The number of methoxy groups -OCH3 is 3. The van der Waals surface area contributed by atoms with Crippen LogP contribution in [-0.4, -0.2) is 33.9 Å². The minimum Gasteiger partial charge on any atom is -0.493 e. The van der Waals surface area contributed by atoms with Crippen molar-refractivity contribution < 1.29 is 28.5 Å². The minimum absolute atomic E-state index is 0.242. The number of benzene rings is 3. The lowest BCUT2D eigenvalue weighted by atomic mass is 10.0. The number of carbonyl (C=O) groups is 1. The number of esters is 1. The fourth-order valence-electron chi connectivity index (χ4n) is 3.32. The minimum atomic E-state index is -0.561. The van der Waals surface area contributed by atoms with Crippen molar-refractivity contribution in [3.8, 4) is 34.8 Å². The monoisotopic (exact) mass is 473 g/mol. The van der Waals surface area contributed by atoms with Crippen molar-refractivity contribution in [2.45, 2.75) is 13.3 Å². The molecular weight excluding hydrogens is 446 g/mol. The number of ether oxygens (including phenoxy) is 5. The van der Waals surface area contributed by atoms with Crippen molar-refractivity contribution in [3.05, 3.63) is 77.4 Å². The molecule has 0 fully saturated rings. The molecule has 0 radical (unpaired) electrons. The molecule has 0 spiro atoms. The van der Waals surface area contributed by atoms with E-state index in [2.05, 4.69) is 13.0 Å². The second kappa shape index (κ2) is 12.1. The number of hydrogen-bond acceptors (Lipinski definition) is 7. The summed E-state index contributed by atoms with van der Waals surface area (Å²) in [5.74, 6) is 1.73. The summed E-state index contributed by atoms with van der Waals surface area (Å²) in [4.78, 5) is 12.3. The molecule has 0 amide bonds. The number of rotatable bonds is 10. The normalized spacial score (nSPS) is 10.8. The Morgan fingerprint density at radius 3 is 2.14 bits per heavy atom. The maximum atomic E-state index is 12.3. The van der Waals surface area contributed by atoms with Crippen molar-refractivity contribution in [2.75, 3.05) is 27.9 Å². The van der Waals surface area contributed by atoms with Gasteiger partial charge in [-0.2, -0.15) is 5.26 Å². The lowest BCUT2D eigenvalue weighted by Gasteiger charge is -2.11. The zero-order chi connectivity index (χ0) is 25.2. The van der Waals surface area contributed by atoms with E-state index in [-0.39, 0.29) is 12.4 Å². The van der Waals surface area contributed by atoms with Crippen molar-refractivity contribution in [1.29, 1.82) is 5.26 Å². The van der Waals surface area contributed by atoms with Gasteiger partial charge in [0.2, 0.25) is 0 Å². The van der Waals surface area contributed by atoms with E-state index in [0.29, 0.717) is 39.7 Å². The van der Waals surface area contributed by atoms with Crippen LogP contribution >= 0.6 is 0 Å². The van der Waals surface area contributed by atoms with Crippen LogP contribution in [0, 0.1) is 11.3 Å². The molecule has 3 aromatic carbocycles. The van der Waals surface area contributed by atoms with Crippen LogP contribution in [0.5, 0.6) is 28.7 Å². The zero-order valence-electron chi connectivity index (χ0n) is 20.2. The van der Waals surface area contributed by atoms with E-state index in [1.165, 1.54) is 19.8 Å². The Balaban J connectivity index is 1.73. The zero-order valence-corrected chi connectivity index (χ0v) is 20.2. The Labute approximate surface area is 205 Å². The summed E-state index contributed by atoms with van der Waals surface area (Å²) < 4.78 is 26.9. The number of hydrogen-bond donors (Lipinski definition) is 0. The molecule has 0 heterocycles. The van der Waals surface area contributed by atoms with E-state index >= 15 is 0 Å². The maximum Gasteiger partial charge on any atom is 0.349 e. The first kappa shape index (κ1) is 25.2. The Bertz CT molecular complexity index is 1240. The largest absolute Gasteiger partial charge is 0.493 e. The molecule has 0 aromatic heterocycles. The molecule has 0 saturated heterocycles. The molecule has 0 N–H and O–H groups in total. The quantitative estimate of drug-likeness (QED) is 0.170. The van der Waals surface area contributed by atoms with Crippen LogP contribution in [0.2, 0.25) is 0 Å². The second-order valence-corrected chi connectivity index (χ2v) is 7.41. The van der Waals surface area contributed by atoms with Gasteiger partial charge < -0.3 is 23.7 Å². The highest BCUT2D eigenvalue weighted by Gasteiger charge is 2.13. The lowest BCUT2D eigenvalue weighted by Crippen LogP contribution is -2.18. The number of aryl methyl sites for hydroxylation is 1. The van der Waals surface area contributed by atoms with Gasteiger partial charge in [-0.05, 0) is 71.7 Å². The lowest BCUT2D eigenvalue weighted by molar-refractivity contribution is -0.136. The fourth-order valence-corrected chi connectivity index (χ4v) is 3.32. The van der Waals surface area contributed by atoms with E-state index < -0.39 is 5.97 Å². The summed E-state index contributed by atoms with van der Waals surface area (Å²) in [6, 6.07) is 20.0. The highest BCUT2D eigenvalue weighted by molar-refractivity contribution is 5.90. The molecule has 7 heteroatoms. The van der Waals surface area contributed by atoms with E-state index in [9.17, 15) is 10.1 Å². The summed E-state index contributed by atoms with van der Waals surface area (Å²) >= 11 is 0. The predicted octanol–water partition coefficient (Wildman–Crippen LogP) is 5.32. The van der Waals surface area contributed by atoms with E-state index in [0.717, 1.165) is 6.42 Å². The SMILES string of the molecule is CCc1ccc(OCC(=O)Oc2ccc(/C=C(/C#N)c3ccc(OC)c(OC)c3)cc2OC)cc1. The first-order valence-corrected chi connectivity index (χ1v) is 11.0. The first-order chi connectivity index (χ1) is 17.0. The average molecular weight is 474 g/mol. The van der Waals surface area contributed by atoms with Crippen LogP contribution < -0.4 is 23.7 Å². The molecule has 35 heavy (non-hydrogen) atoms. The van der Waals surface area contributed by atoms with Gasteiger partial charge in [-0.3, -0.25) is 0 Å². The maximum absolute atomic E-state index is 12.3. The fraction of sp³-hybridized carbons (Fsp3) is 0.214. The standard InChI is InChI=1S/C28H27NO6/c1-5-19-6-10-23(11-7-19)34-18-28(30)35-25-12-8-20(15-26(25)32-3)14-22(17-29)21-9-13-24(31-2)27(16-21)33-4/h6-16H,5,18H2,1-4H3/b22-14-. The van der Waals surface area contributed by atoms with E-state index in [4.69, 9.17) is 23.7 Å².